The molecular formula is C13H10Br2N2O. The second-order valence-corrected chi connectivity index (χ2v) is 5.51. The molecule has 0 aliphatic rings. The SMILES string of the molecule is Cc1cc(Br)ccc1NC(=O)c1ccnc(Br)c1. The van der Waals surface area contributed by atoms with Crippen LogP contribution in [-0.2, 0) is 0 Å². The van der Waals surface area contributed by atoms with Crippen LogP contribution in [0.1, 0.15) is 15.9 Å². The smallest absolute Gasteiger partial charge is 0.255 e. The molecular weight excluding hydrogens is 360 g/mol. The first-order chi connectivity index (χ1) is 8.56. The lowest BCUT2D eigenvalue weighted by Crippen LogP contribution is -2.12. The fraction of sp³-hybridized carbons (Fsp3) is 0.0769. The number of halogens is 2. The number of hydrogen-bond donors (Lipinski definition) is 1. The van der Waals surface area contributed by atoms with Gasteiger partial charge in [0, 0.05) is 21.9 Å². The van der Waals surface area contributed by atoms with Gasteiger partial charge in [0.1, 0.15) is 4.60 Å². The quantitative estimate of drug-likeness (QED) is 0.807. The Morgan fingerprint density at radius 3 is 2.67 bits per heavy atom. The highest BCUT2D eigenvalue weighted by Crippen LogP contribution is 2.21. The van der Waals surface area contributed by atoms with Gasteiger partial charge in [-0.1, -0.05) is 15.9 Å². The van der Waals surface area contributed by atoms with Crippen molar-refractivity contribution in [2.24, 2.45) is 0 Å². The third-order valence-corrected chi connectivity index (χ3v) is 3.35. The number of rotatable bonds is 2. The zero-order valence-electron chi connectivity index (χ0n) is 9.58. The van der Waals surface area contributed by atoms with E-state index in [4.69, 9.17) is 0 Å². The molecule has 1 amide bonds. The van der Waals surface area contributed by atoms with Crippen LogP contribution in [0.3, 0.4) is 0 Å². The number of aryl methyl sites for hydroxylation is 1. The summed E-state index contributed by atoms with van der Waals surface area (Å²) in [5.74, 6) is -0.150. The lowest BCUT2D eigenvalue weighted by Gasteiger charge is -2.08. The van der Waals surface area contributed by atoms with Gasteiger partial charge in [-0.05, 0) is 58.7 Å². The Labute approximate surface area is 122 Å². The molecule has 1 aromatic heterocycles. The Hall–Kier alpha value is -1.20. The molecule has 0 spiro atoms. The van der Waals surface area contributed by atoms with Gasteiger partial charge in [0.25, 0.3) is 5.91 Å². The molecule has 0 saturated heterocycles. The van der Waals surface area contributed by atoms with Gasteiger partial charge in [0.15, 0.2) is 0 Å². The van der Waals surface area contributed by atoms with Crippen molar-refractivity contribution in [2.75, 3.05) is 5.32 Å². The largest absolute Gasteiger partial charge is 0.322 e. The summed E-state index contributed by atoms with van der Waals surface area (Å²) in [5.41, 5.74) is 2.38. The summed E-state index contributed by atoms with van der Waals surface area (Å²) in [5, 5.41) is 2.87. The highest BCUT2D eigenvalue weighted by Gasteiger charge is 2.08. The lowest BCUT2D eigenvalue weighted by molar-refractivity contribution is 0.102. The van der Waals surface area contributed by atoms with Crippen molar-refractivity contribution >= 4 is 43.5 Å². The van der Waals surface area contributed by atoms with Crippen LogP contribution >= 0.6 is 31.9 Å². The maximum absolute atomic E-state index is 12.0. The van der Waals surface area contributed by atoms with E-state index in [2.05, 4.69) is 42.2 Å². The van der Waals surface area contributed by atoms with Crippen LogP contribution in [0.4, 0.5) is 5.69 Å². The van der Waals surface area contributed by atoms with Gasteiger partial charge in [-0.25, -0.2) is 4.98 Å². The van der Waals surface area contributed by atoms with E-state index in [0.29, 0.717) is 10.2 Å². The van der Waals surface area contributed by atoms with Crippen LogP contribution in [-0.4, -0.2) is 10.9 Å². The van der Waals surface area contributed by atoms with E-state index in [1.165, 1.54) is 0 Å². The molecule has 5 heteroatoms. The molecule has 0 bridgehead atoms. The van der Waals surface area contributed by atoms with E-state index in [9.17, 15) is 4.79 Å². The van der Waals surface area contributed by atoms with E-state index < -0.39 is 0 Å². The molecule has 2 aromatic rings. The van der Waals surface area contributed by atoms with Gasteiger partial charge in [-0.2, -0.15) is 0 Å². The summed E-state index contributed by atoms with van der Waals surface area (Å²) in [6, 6.07) is 9.08. The zero-order valence-corrected chi connectivity index (χ0v) is 12.7. The maximum atomic E-state index is 12.0. The maximum Gasteiger partial charge on any atom is 0.255 e. The first-order valence-corrected chi connectivity index (χ1v) is 6.84. The second-order valence-electron chi connectivity index (χ2n) is 3.78. The molecule has 0 unspecified atom stereocenters. The minimum absolute atomic E-state index is 0.150. The van der Waals surface area contributed by atoms with Crippen LogP contribution in [0.25, 0.3) is 0 Å². The van der Waals surface area contributed by atoms with Crippen molar-refractivity contribution in [2.45, 2.75) is 6.92 Å². The Morgan fingerprint density at radius 2 is 2.00 bits per heavy atom. The highest BCUT2D eigenvalue weighted by atomic mass is 79.9. The monoisotopic (exact) mass is 368 g/mol. The number of aromatic nitrogens is 1. The number of anilines is 1. The highest BCUT2D eigenvalue weighted by molar-refractivity contribution is 9.10. The van der Waals surface area contributed by atoms with Gasteiger partial charge in [0.05, 0.1) is 0 Å². The molecule has 0 fully saturated rings. The molecule has 18 heavy (non-hydrogen) atoms. The molecule has 92 valence electrons. The fourth-order valence-corrected chi connectivity index (χ4v) is 2.35. The van der Waals surface area contributed by atoms with Crippen molar-refractivity contribution < 1.29 is 4.79 Å². The number of hydrogen-bond acceptors (Lipinski definition) is 2. The van der Waals surface area contributed by atoms with Gasteiger partial charge < -0.3 is 5.32 Å². The average molecular weight is 370 g/mol. The molecule has 1 N–H and O–H groups in total. The third-order valence-electron chi connectivity index (χ3n) is 2.43. The number of nitrogens with zero attached hydrogens (tertiary/aromatic N) is 1. The first kappa shape index (κ1) is 13.2. The summed E-state index contributed by atoms with van der Waals surface area (Å²) in [4.78, 5) is 16.0. The van der Waals surface area contributed by atoms with Crippen molar-refractivity contribution in [3.8, 4) is 0 Å². The van der Waals surface area contributed by atoms with Crippen LogP contribution < -0.4 is 5.32 Å². The summed E-state index contributed by atoms with van der Waals surface area (Å²) in [6.45, 7) is 1.95. The number of nitrogens with one attached hydrogen (secondary N) is 1. The Bertz CT molecular complexity index is 599. The van der Waals surface area contributed by atoms with Crippen LogP contribution in [0.5, 0.6) is 0 Å². The summed E-state index contributed by atoms with van der Waals surface area (Å²) < 4.78 is 1.63. The number of benzene rings is 1. The van der Waals surface area contributed by atoms with Gasteiger partial charge >= 0.3 is 0 Å². The summed E-state index contributed by atoms with van der Waals surface area (Å²) in [7, 11) is 0. The number of carbonyl (C=O) groups excluding carboxylic acids is 1. The van der Waals surface area contributed by atoms with E-state index in [0.717, 1.165) is 15.7 Å². The third kappa shape index (κ3) is 3.17. The number of carbonyl (C=O) groups is 1. The normalized spacial score (nSPS) is 10.2. The van der Waals surface area contributed by atoms with Gasteiger partial charge in [0.2, 0.25) is 0 Å². The second kappa shape index (κ2) is 5.63. The average Bonchev–Trinajstić information content (AvgIpc) is 2.32. The first-order valence-electron chi connectivity index (χ1n) is 5.25. The van der Waals surface area contributed by atoms with Gasteiger partial charge in [-0.3, -0.25) is 4.79 Å². The molecule has 0 atom stereocenters. The molecule has 3 nitrogen and oxygen atoms in total. The zero-order chi connectivity index (χ0) is 13.1. The molecule has 0 radical (unpaired) electrons. The predicted octanol–water partition coefficient (Wildman–Crippen LogP) is 4.17. The van der Waals surface area contributed by atoms with E-state index >= 15 is 0 Å². The predicted molar refractivity (Wildman–Crippen MR) is 78.8 cm³/mol. The Balaban J connectivity index is 2.21. The van der Waals surface area contributed by atoms with E-state index in [1.54, 1.807) is 18.3 Å². The molecule has 2 rings (SSSR count). The van der Waals surface area contributed by atoms with Crippen molar-refractivity contribution in [3.63, 3.8) is 0 Å². The number of pyridine rings is 1. The van der Waals surface area contributed by atoms with Crippen molar-refractivity contribution in [3.05, 3.63) is 56.7 Å². The van der Waals surface area contributed by atoms with E-state index in [-0.39, 0.29) is 5.91 Å². The van der Waals surface area contributed by atoms with Crippen molar-refractivity contribution in [1.82, 2.24) is 4.98 Å². The van der Waals surface area contributed by atoms with Crippen LogP contribution in [0.15, 0.2) is 45.6 Å². The summed E-state index contributed by atoms with van der Waals surface area (Å²) in [6.07, 6.45) is 1.59. The topological polar surface area (TPSA) is 42.0 Å². The standard InChI is InChI=1S/C13H10Br2N2O/c1-8-6-10(14)2-3-11(8)17-13(18)9-4-5-16-12(15)7-9/h2-7H,1H3,(H,17,18). The number of amides is 1. The van der Waals surface area contributed by atoms with E-state index in [1.807, 2.05) is 25.1 Å². The lowest BCUT2D eigenvalue weighted by atomic mass is 10.2. The van der Waals surface area contributed by atoms with Gasteiger partial charge in [-0.15, -0.1) is 0 Å². The van der Waals surface area contributed by atoms with Crippen LogP contribution in [0, 0.1) is 6.92 Å². The molecule has 1 heterocycles. The molecule has 0 aliphatic carbocycles. The molecule has 0 aliphatic heterocycles. The molecule has 1 aromatic carbocycles. The minimum Gasteiger partial charge on any atom is -0.322 e. The molecule has 0 saturated carbocycles. The summed E-state index contributed by atoms with van der Waals surface area (Å²) >= 11 is 6.63. The van der Waals surface area contributed by atoms with Crippen LogP contribution in [0.2, 0.25) is 0 Å². The Kier molecular flexibility index (Phi) is 4.14. The minimum atomic E-state index is -0.150. The Morgan fingerprint density at radius 1 is 1.22 bits per heavy atom. The fourth-order valence-electron chi connectivity index (χ4n) is 1.51. The van der Waals surface area contributed by atoms with Crippen molar-refractivity contribution in [1.29, 1.82) is 0 Å².